The van der Waals surface area contributed by atoms with Gasteiger partial charge in [0.05, 0.1) is 30.6 Å². The number of rotatable bonds is 6. The molecule has 0 aromatic heterocycles. The fraction of sp³-hybridized carbons (Fsp3) is 0.300. The van der Waals surface area contributed by atoms with Gasteiger partial charge in [-0.15, -0.1) is 0 Å². The molecule has 0 saturated heterocycles. The number of phenolic OH excluding ortho intramolecular Hbond substituents is 2. The molecule has 0 bridgehead atoms. The van der Waals surface area contributed by atoms with Crippen LogP contribution < -0.4 is 20.1 Å². The third-order valence-corrected chi connectivity index (χ3v) is 3.96. The molecule has 29 heavy (non-hydrogen) atoms. The molecule has 158 valence electrons. The summed E-state index contributed by atoms with van der Waals surface area (Å²) in [6, 6.07) is 7.52. The maximum atomic E-state index is 11.1. The molecular weight excluding hydrogens is 400 g/mol. The molecule has 0 aliphatic carbocycles. The van der Waals surface area contributed by atoms with E-state index in [9.17, 15) is 19.8 Å². The number of amides is 2. The van der Waals surface area contributed by atoms with Crippen LogP contribution in [0.15, 0.2) is 30.3 Å². The predicted molar refractivity (Wildman–Crippen MR) is 112 cm³/mol. The number of hydrogen-bond acceptors (Lipinski definition) is 6. The molecule has 2 aromatic carbocycles. The quantitative estimate of drug-likeness (QED) is 0.517. The van der Waals surface area contributed by atoms with E-state index in [1.807, 2.05) is 0 Å². The van der Waals surface area contributed by atoms with E-state index in [1.165, 1.54) is 32.4 Å². The lowest BCUT2D eigenvalue weighted by atomic mass is 10.2. The average molecular weight is 425 g/mol. The first kappa shape index (κ1) is 23.9. The highest BCUT2D eigenvalue weighted by Crippen LogP contribution is 2.35. The lowest BCUT2D eigenvalue weighted by Crippen LogP contribution is -2.09. The average Bonchev–Trinajstić information content (AvgIpc) is 2.72. The van der Waals surface area contributed by atoms with E-state index < -0.39 is 0 Å². The van der Waals surface area contributed by atoms with Gasteiger partial charge in [0, 0.05) is 25.0 Å². The summed E-state index contributed by atoms with van der Waals surface area (Å²) in [7, 11) is 2.96. The largest absolute Gasteiger partial charge is 0.506 e. The van der Waals surface area contributed by atoms with Crippen molar-refractivity contribution in [2.75, 3.05) is 24.9 Å². The smallest absolute Gasteiger partial charge is 0.224 e. The number of aromatic hydroxyl groups is 2. The van der Waals surface area contributed by atoms with Gasteiger partial charge < -0.3 is 30.3 Å². The van der Waals surface area contributed by atoms with Crippen molar-refractivity contribution in [2.24, 2.45) is 0 Å². The van der Waals surface area contributed by atoms with Crippen molar-refractivity contribution in [1.29, 1.82) is 0 Å². The SMILES string of the molecule is CCC(=O)Nc1cc(Cl)c(OC)cc1O.CCC(=O)Nc1ccc(OC)cc1O. The Kier molecular flexibility index (Phi) is 9.61. The third kappa shape index (κ3) is 7.42. The van der Waals surface area contributed by atoms with Crippen molar-refractivity contribution in [1.82, 2.24) is 0 Å². The molecule has 0 saturated carbocycles. The number of benzene rings is 2. The Morgan fingerprint density at radius 3 is 1.93 bits per heavy atom. The molecule has 0 aliphatic rings. The molecule has 4 N–H and O–H groups in total. The standard InChI is InChI=1S/C10H12ClNO3.C10H13NO3/c1-3-10(14)12-7-4-6(11)9(15-2)5-8(7)13;1-3-10(13)11-8-5-4-7(14-2)6-9(8)12/h4-5,13H,3H2,1-2H3,(H,12,14);4-6,12H,3H2,1-2H3,(H,11,13). The summed E-state index contributed by atoms with van der Waals surface area (Å²) in [5.74, 6) is 0.530. The van der Waals surface area contributed by atoms with E-state index in [2.05, 4.69) is 10.6 Å². The fourth-order valence-electron chi connectivity index (χ4n) is 2.02. The highest BCUT2D eigenvalue weighted by molar-refractivity contribution is 6.32. The van der Waals surface area contributed by atoms with Crippen molar-refractivity contribution in [3.05, 3.63) is 35.4 Å². The third-order valence-electron chi connectivity index (χ3n) is 3.67. The first-order valence-electron chi connectivity index (χ1n) is 8.78. The zero-order chi connectivity index (χ0) is 22.0. The number of nitrogens with one attached hydrogen (secondary N) is 2. The normalized spacial score (nSPS) is 9.69. The van der Waals surface area contributed by atoms with Crippen molar-refractivity contribution in [2.45, 2.75) is 26.7 Å². The lowest BCUT2D eigenvalue weighted by Gasteiger charge is -2.09. The monoisotopic (exact) mass is 424 g/mol. The Morgan fingerprint density at radius 1 is 0.897 bits per heavy atom. The molecule has 0 fully saturated rings. The van der Waals surface area contributed by atoms with Crippen LogP contribution in [0.5, 0.6) is 23.0 Å². The van der Waals surface area contributed by atoms with Gasteiger partial charge in [-0.2, -0.15) is 0 Å². The minimum absolute atomic E-state index is 0.00569. The van der Waals surface area contributed by atoms with Gasteiger partial charge in [-0.25, -0.2) is 0 Å². The van der Waals surface area contributed by atoms with Gasteiger partial charge in [-0.1, -0.05) is 25.4 Å². The van der Waals surface area contributed by atoms with E-state index in [1.54, 1.807) is 26.0 Å². The minimum atomic E-state index is -0.188. The van der Waals surface area contributed by atoms with Crippen molar-refractivity contribution >= 4 is 34.8 Å². The summed E-state index contributed by atoms with van der Waals surface area (Å²) < 4.78 is 9.82. The molecular formula is C20H25ClN2O6. The van der Waals surface area contributed by atoms with Gasteiger partial charge in [0.15, 0.2) is 0 Å². The van der Waals surface area contributed by atoms with Crippen LogP contribution in [-0.2, 0) is 9.59 Å². The summed E-state index contributed by atoms with van der Waals surface area (Å²) in [5, 5.41) is 24.4. The molecule has 0 radical (unpaired) electrons. The number of halogens is 1. The van der Waals surface area contributed by atoms with Crippen molar-refractivity contribution in [3.8, 4) is 23.0 Å². The van der Waals surface area contributed by atoms with Crippen LogP contribution in [0.25, 0.3) is 0 Å². The zero-order valence-electron chi connectivity index (χ0n) is 16.7. The van der Waals surface area contributed by atoms with Crippen LogP contribution in [0.3, 0.4) is 0 Å². The Morgan fingerprint density at radius 2 is 1.45 bits per heavy atom. The van der Waals surface area contributed by atoms with E-state index >= 15 is 0 Å². The number of hydrogen-bond donors (Lipinski definition) is 4. The maximum absolute atomic E-state index is 11.1. The highest BCUT2D eigenvalue weighted by atomic mass is 35.5. The predicted octanol–water partition coefficient (Wildman–Crippen LogP) is 4.15. The van der Waals surface area contributed by atoms with Gasteiger partial charge in [-0.3, -0.25) is 9.59 Å². The Labute approximate surface area is 174 Å². The molecule has 0 aliphatic heterocycles. The number of ether oxygens (including phenoxy) is 2. The lowest BCUT2D eigenvalue weighted by molar-refractivity contribution is -0.116. The number of phenols is 2. The van der Waals surface area contributed by atoms with E-state index in [0.29, 0.717) is 35.1 Å². The minimum Gasteiger partial charge on any atom is -0.506 e. The first-order valence-corrected chi connectivity index (χ1v) is 9.16. The molecule has 2 rings (SSSR count). The molecule has 0 spiro atoms. The van der Waals surface area contributed by atoms with Crippen LogP contribution >= 0.6 is 11.6 Å². The van der Waals surface area contributed by atoms with Gasteiger partial charge in [0.25, 0.3) is 0 Å². The van der Waals surface area contributed by atoms with Crippen LogP contribution in [0, 0.1) is 0 Å². The second kappa shape index (κ2) is 11.7. The van der Waals surface area contributed by atoms with Gasteiger partial charge in [0.1, 0.15) is 23.0 Å². The summed E-state index contributed by atoms with van der Waals surface area (Å²) in [6.45, 7) is 3.47. The Balaban J connectivity index is 0.000000291. The summed E-state index contributed by atoms with van der Waals surface area (Å²) in [6.07, 6.45) is 0.717. The molecule has 9 heteroatoms. The molecule has 2 amide bonds. The molecule has 0 unspecified atom stereocenters. The highest BCUT2D eigenvalue weighted by Gasteiger charge is 2.10. The van der Waals surface area contributed by atoms with Crippen LogP contribution in [0.1, 0.15) is 26.7 Å². The van der Waals surface area contributed by atoms with Crippen LogP contribution in [0.2, 0.25) is 5.02 Å². The summed E-state index contributed by atoms with van der Waals surface area (Å²) in [4.78, 5) is 22.1. The zero-order valence-corrected chi connectivity index (χ0v) is 17.5. The Bertz CT molecular complexity index is 857. The number of carbonyl (C=O) groups is 2. The molecule has 0 heterocycles. The second-order valence-corrected chi connectivity index (χ2v) is 6.10. The summed E-state index contributed by atoms with van der Waals surface area (Å²) >= 11 is 5.84. The number of anilines is 2. The van der Waals surface area contributed by atoms with Crippen molar-refractivity contribution < 1.29 is 29.3 Å². The first-order chi connectivity index (χ1) is 13.7. The second-order valence-electron chi connectivity index (χ2n) is 5.69. The summed E-state index contributed by atoms with van der Waals surface area (Å²) in [5.41, 5.74) is 0.685. The van der Waals surface area contributed by atoms with Crippen LogP contribution in [-0.4, -0.2) is 36.2 Å². The van der Waals surface area contributed by atoms with Crippen molar-refractivity contribution in [3.63, 3.8) is 0 Å². The Hall–Kier alpha value is -3.13. The van der Waals surface area contributed by atoms with E-state index in [4.69, 9.17) is 21.1 Å². The number of carbonyl (C=O) groups excluding carboxylic acids is 2. The maximum Gasteiger partial charge on any atom is 0.224 e. The van der Waals surface area contributed by atoms with Gasteiger partial charge in [0.2, 0.25) is 11.8 Å². The topological polar surface area (TPSA) is 117 Å². The van der Waals surface area contributed by atoms with E-state index in [-0.39, 0.29) is 29.0 Å². The van der Waals surface area contributed by atoms with Gasteiger partial charge >= 0.3 is 0 Å². The van der Waals surface area contributed by atoms with Gasteiger partial charge in [-0.05, 0) is 18.2 Å². The number of methoxy groups -OCH3 is 2. The van der Waals surface area contributed by atoms with Crippen LogP contribution in [0.4, 0.5) is 11.4 Å². The molecule has 0 atom stereocenters. The fourth-order valence-corrected chi connectivity index (χ4v) is 2.26. The molecule has 2 aromatic rings. The van der Waals surface area contributed by atoms with E-state index in [0.717, 1.165) is 0 Å². The molecule has 8 nitrogen and oxygen atoms in total.